The smallest absolute Gasteiger partial charge is 0.341 e. The van der Waals surface area contributed by atoms with E-state index in [0.29, 0.717) is 22.9 Å². The first kappa shape index (κ1) is 24.7. The SMILES string of the molecule is CCOC(=O)c1c(NC(=O)C(C)NCC(=O)NC2CCS(=O)(=O)C2)sc2c1CCC(C)C2. The molecule has 32 heavy (non-hydrogen) atoms. The molecule has 11 heteroatoms. The van der Waals surface area contributed by atoms with E-state index < -0.39 is 21.8 Å². The third-order valence-electron chi connectivity index (χ3n) is 5.79. The first-order valence-corrected chi connectivity index (χ1v) is 13.6. The van der Waals surface area contributed by atoms with E-state index in [1.807, 2.05) is 0 Å². The second kappa shape index (κ2) is 10.3. The van der Waals surface area contributed by atoms with Gasteiger partial charge in [-0.3, -0.25) is 14.9 Å². The zero-order valence-electron chi connectivity index (χ0n) is 18.7. The Bertz CT molecular complexity index is 988. The van der Waals surface area contributed by atoms with Gasteiger partial charge in [0.05, 0.1) is 36.3 Å². The Hall–Kier alpha value is -1.98. The van der Waals surface area contributed by atoms with Gasteiger partial charge in [-0.1, -0.05) is 6.92 Å². The molecule has 0 spiro atoms. The van der Waals surface area contributed by atoms with Gasteiger partial charge in [-0.15, -0.1) is 11.3 Å². The Kier molecular flexibility index (Phi) is 7.94. The first-order valence-electron chi connectivity index (χ1n) is 10.9. The highest BCUT2D eigenvalue weighted by Gasteiger charge is 2.31. The summed E-state index contributed by atoms with van der Waals surface area (Å²) in [6, 6.07) is -1.08. The maximum Gasteiger partial charge on any atom is 0.341 e. The van der Waals surface area contributed by atoms with Crippen LogP contribution in [0.25, 0.3) is 0 Å². The molecule has 3 rings (SSSR count). The van der Waals surface area contributed by atoms with Crippen LogP contribution in [0, 0.1) is 5.92 Å². The van der Waals surface area contributed by atoms with Crippen molar-refractivity contribution in [2.75, 3.05) is 30.0 Å². The van der Waals surface area contributed by atoms with E-state index in [1.54, 1.807) is 13.8 Å². The zero-order valence-corrected chi connectivity index (χ0v) is 20.3. The number of anilines is 1. The fraction of sp³-hybridized carbons (Fsp3) is 0.667. The molecule has 1 aromatic heterocycles. The number of hydrogen-bond donors (Lipinski definition) is 3. The van der Waals surface area contributed by atoms with Crippen LogP contribution in [-0.2, 0) is 37.0 Å². The largest absolute Gasteiger partial charge is 0.462 e. The summed E-state index contributed by atoms with van der Waals surface area (Å²) in [5.74, 6) is -0.600. The number of carbonyl (C=O) groups excluding carboxylic acids is 3. The van der Waals surface area contributed by atoms with E-state index in [9.17, 15) is 22.8 Å². The summed E-state index contributed by atoms with van der Waals surface area (Å²) in [6.45, 7) is 5.68. The van der Waals surface area contributed by atoms with Crippen molar-refractivity contribution in [3.05, 3.63) is 16.0 Å². The number of fused-ring (bicyclic) bond motifs is 1. The molecule has 2 amide bonds. The minimum absolute atomic E-state index is 0.0485. The molecule has 0 aromatic carbocycles. The maximum absolute atomic E-state index is 12.7. The number of hydrogen-bond acceptors (Lipinski definition) is 8. The molecule has 1 aromatic rings. The molecule has 3 N–H and O–H groups in total. The van der Waals surface area contributed by atoms with E-state index in [0.717, 1.165) is 29.7 Å². The van der Waals surface area contributed by atoms with Crippen LogP contribution in [0.15, 0.2) is 0 Å². The number of carbonyl (C=O) groups is 3. The molecule has 1 fully saturated rings. The van der Waals surface area contributed by atoms with E-state index in [-0.39, 0.29) is 42.5 Å². The molecule has 178 valence electrons. The van der Waals surface area contributed by atoms with E-state index in [4.69, 9.17) is 4.74 Å². The summed E-state index contributed by atoms with van der Waals surface area (Å²) in [5.41, 5.74) is 1.41. The van der Waals surface area contributed by atoms with Crippen molar-refractivity contribution in [2.24, 2.45) is 5.92 Å². The molecule has 2 aliphatic rings. The molecule has 2 heterocycles. The highest BCUT2D eigenvalue weighted by Crippen LogP contribution is 2.40. The molecular formula is C21H31N3O6S2. The molecule has 0 radical (unpaired) electrons. The second-order valence-corrected chi connectivity index (χ2v) is 11.9. The summed E-state index contributed by atoms with van der Waals surface area (Å²) in [6.07, 6.45) is 3.04. The monoisotopic (exact) mass is 485 g/mol. The highest BCUT2D eigenvalue weighted by molar-refractivity contribution is 7.91. The van der Waals surface area contributed by atoms with Gasteiger partial charge in [-0.25, -0.2) is 13.2 Å². The van der Waals surface area contributed by atoms with Crippen LogP contribution < -0.4 is 16.0 Å². The molecular weight excluding hydrogens is 454 g/mol. The lowest BCUT2D eigenvalue weighted by molar-refractivity contribution is -0.121. The van der Waals surface area contributed by atoms with Gasteiger partial charge in [-0.2, -0.15) is 0 Å². The fourth-order valence-electron chi connectivity index (χ4n) is 4.00. The summed E-state index contributed by atoms with van der Waals surface area (Å²) in [5, 5.41) is 8.86. The predicted molar refractivity (Wildman–Crippen MR) is 123 cm³/mol. The minimum atomic E-state index is -3.08. The third kappa shape index (κ3) is 6.08. The van der Waals surface area contributed by atoms with Gasteiger partial charge in [-0.05, 0) is 51.0 Å². The van der Waals surface area contributed by atoms with Crippen molar-refractivity contribution in [3.8, 4) is 0 Å². The first-order chi connectivity index (χ1) is 15.1. The second-order valence-electron chi connectivity index (χ2n) is 8.54. The van der Waals surface area contributed by atoms with Gasteiger partial charge in [0, 0.05) is 10.9 Å². The molecule has 3 unspecified atom stereocenters. The summed E-state index contributed by atoms with van der Waals surface area (Å²) in [4.78, 5) is 38.5. The van der Waals surface area contributed by atoms with Crippen LogP contribution in [0.5, 0.6) is 0 Å². The van der Waals surface area contributed by atoms with Crippen LogP contribution >= 0.6 is 11.3 Å². The van der Waals surface area contributed by atoms with Gasteiger partial charge in [0.25, 0.3) is 0 Å². The van der Waals surface area contributed by atoms with Crippen molar-refractivity contribution >= 4 is 44.0 Å². The van der Waals surface area contributed by atoms with E-state index in [2.05, 4.69) is 22.9 Å². The number of esters is 1. The molecule has 0 saturated carbocycles. The Balaban J connectivity index is 1.59. The van der Waals surface area contributed by atoms with Crippen LogP contribution in [0.3, 0.4) is 0 Å². The Morgan fingerprint density at radius 1 is 1.25 bits per heavy atom. The molecule has 1 saturated heterocycles. The van der Waals surface area contributed by atoms with E-state index in [1.165, 1.54) is 11.3 Å². The van der Waals surface area contributed by atoms with Gasteiger partial charge in [0.1, 0.15) is 5.00 Å². The highest BCUT2D eigenvalue weighted by atomic mass is 32.2. The topological polar surface area (TPSA) is 131 Å². The summed E-state index contributed by atoms with van der Waals surface area (Å²) < 4.78 is 28.2. The van der Waals surface area contributed by atoms with Crippen LogP contribution in [0.1, 0.15) is 54.4 Å². The lowest BCUT2D eigenvalue weighted by atomic mass is 9.88. The number of sulfone groups is 1. The third-order valence-corrected chi connectivity index (χ3v) is 8.73. The van der Waals surface area contributed by atoms with Crippen LogP contribution in [-0.4, -0.2) is 62.9 Å². The Morgan fingerprint density at radius 3 is 2.66 bits per heavy atom. The molecule has 1 aliphatic carbocycles. The van der Waals surface area contributed by atoms with Gasteiger partial charge >= 0.3 is 5.97 Å². The molecule has 9 nitrogen and oxygen atoms in total. The van der Waals surface area contributed by atoms with Gasteiger partial charge in [0.2, 0.25) is 11.8 Å². The van der Waals surface area contributed by atoms with Crippen molar-refractivity contribution in [2.45, 2.75) is 58.5 Å². The zero-order chi connectivity index (χ0) is 23.5. The van der Waals surface area contributed by atoms with Gasteiger partial charge < -0.3 is 15.4 Å². The minimum Gasteiger partial charge on any atom is -0.462 e. The molecule has 3 atom stereocenters. The van der Waals surface area contributed by atoms with Crippen molar-refractivity contribution in [1.82, 2.24) is 10.6 Å². The lowest BCUT2D eigenvalue weighted by Crippen LogP contribution is -2.46. The lowest BCUT2D eigenvalue weighted by Gasteiger charge is -2.18. The average molecular weight is 486 g/mol. The van der Waals surface area contributed by atoms with Gasteiger partial charge in [0.15, 0.2) is 9.84 Å². The Morgan fingerprint density at radius 2 is 2.00 bits per heavy atom. The standard InChI is InChI=1S/C21H31N3O6S2/c1-4-30-21(27)18-15-6-5-12(2)9-16(15)31-20(18)24-19(26)13(3)22-10-17(25)23-14-7-8-32(28,29)11-14/h12-14,22H,4-11H2,1-3H3,(H,23,25)(H,24,26). The number of nitrogens with one attached hydrogen (secondary N) is 3. The maximum atomic E-state index is 12.7. The summed E-state index contributed by atoms with van der Waals surface area (Å²) in [7, 11) is -3.08. The Labute approximate surface area is 192 Å². The normalized spacial score (nSPS) is 22.6. The van der Waals surface area contributed by atoms with E-state index >= 15 is 0 Å². The van der Waals surface area contributed by atoms with Crippen molar-refractivity contribution < 1.29 is 27.5 Å². The van der Waals surface area contributed by atoms with Crippen LogP contribution in [0.2, 0.25) is 0 Å². The summed E-state index contributed by atoms with van der Waals surface area (Å²) >= 11 is 1.41. The van der Waals surface area contributed by atoms with Crippen LogP contribution in [0.4, 0.5) is 5.00 Å². The quantitative estimate of drug-likeness (QED) is 0.473. The number of rotatable bonds is 8. The average Bonchev–Trinajstić information content (AvgIpc) is 3.24. The number of amides is 2. The number of thiophene rings is 1. The fourth-order valence-corrected chi connectivity index (χ4v) is 7.08. The van der Waals surface area contributed by atoms with Crippen molar-refractivity contribution in [3.63, 3.8) is 0 Å². The molecule has 1 aliphatic heterocycles. The number of ether oxygens (including phenoxy) is 1. The van der Waals surface area contributed by atoms with Crippen molar-refractivity contribution in [1.29, 1.82) is 0 Å². The molecule has 0 bridgehead atoms. The predicted octanol–water partition coefficient (Wildman–Crippen LogP) is 1.27.